The van der Waals surface area contributed by atoms with Gasteiger partial charge in [-0.2, -0.15) is 0 Å². The third-order valence-electron chi connectivity index (χ3n) is 2.81. The lowest BCUT2D eigenvalue weighted by molar-refractivity contribution is 0.554. The summed E-state index contributed by atoms with van der Waals surface area (Å²) in [6, 6.07) is 8.66. The normalized spacial score (nSPS) is 14.9. The first-order valence-corrected chi connectivity index (χ1v) is 5.51. The zero-order chi connectivity index (χ0) is 11.3. The summed E-state index contributed by atoms with van der Waals surface area (Å²) in [5.74, 6) is 0.494. The van der Waals surface area contributed by atoms with Crippen LogP contribution in [0.2, 0.25) is 0 Å². The summed E-state index contributed by atoms with van der Waals surface area (Å²) in [6.07, 6.45) is 1.79. The van der Waals surface area contributed by atoms with E-state index in [1.54, 1.807) is 0 Å². The lowest BCUT2D eigenvalue weighted by Gasteiger charge is -2.16. The Labute approximate surface area is 92.7 Å². The molecule has 4 N–H and O–H groups in total. The Morgan fingerprint density at radius 3 is 2.33 bits per heavy atom. The fraction of sp³-hybridized carbons (Fsp3) is 0.462. The number of benzene rings is 1. The molecule has 15 heavy (non-hydrogen) atoms. The molecule has 0 spiro atoms. The van der Waals surface area contributed by atoms with Gasteiger partial charge in [0, 0.05) is 12.6 Å². The van der Waals surface area contributed by atoms with Crippen molar-refractivity contribution in [2.75, 3.05) is 0 Å². The molecule has 2 unspecified atom stereocenters. The maximum Gasteiger partial charge on any atom is 0.0178 e. The molecule has 1 aromatic rings. The van der Waals surface area contributed by atoms with Crippen LogP contribution in [0.3, 0.4) is 0 Å². The van der Waals surface area contributed by atoms with Crippen LogP contribution in [0.15, 0.2) is 24.3 Å². The Kier molecular flexibility index (Phi) is 4.79. The summed E-state index contributed by atoms with van der Waals surface area (Å²) in [7, 11) is 0. The van der Waals surface area contributed by atoms with Crippen molar-refractivity contribution >= 4 is 0 Å². The SMILES string of the molecule is [CH2]CC(N)CC(C)c1ccc(CN)cc1. The van der Waals surface area contributed by atoms with Crippen molar-refractivity contribution in [3.63, 3.8) is 0 Å². The van der Waals surface area contributed by atoms with Gasteiger partial charge in [-0.1, -0.05) is 38.1 Å². The first-order chi connectivity index (χ1) is 7.17. The number of nitrogens with two attached hydrogens (primary N) is 2. The predicted molar refractivity (Wildman–Crippen MR) is 65.3 cm³/mol. The van der Waals surface area contributed by atoms with E-state index >= 15 is 0 Å². The highest BCUT2D eigenvalue weighted by molar-refractivity contribution is 5.25. The van der Waals surface area contributed by atoms with E-state index in [1.807, 2.05) is 0 Å². The van der Waals surface area contributed by atoms with E-state index in [0.717, 1.165) is 12.8 Å². The smallest absolute Gasteiger partial charge is 0.0178 e. The largest absolute Gasteiger partial charge is 0.328 e. The second kappa shape index (κ2) is 5.89. The van der Waals surface area contributed by atoms with E-state index in [0.29, 0.717) is 12.5 Å². The van der Waals surface area contributed by atoms with Gasteiger partial charge in [-0.05, 0) is 29.9 Å². The molecule has 1 aromatic carbocycles. The predicted octanol–water partition coefficient (Wildman–Crippen LogP) is 2.19. The Hall–Kier alpha value is -0.860. The van der Waals surface area contributed by atoms with Crippen LogP contribution in [0.1, 0.15) is 36.8 Å². The molecule has 2 atom stereocenters. The maximum atomic E-state index is 5.88. The number of hydrogen-bond acceptors (Lipinski definition) is 2. The first-order valence-electron chi connectivity index (χ1n) is 5.51. The second-order valence-electron chi connectivity index (χ2n) is 4.13. The van der Waals surface area contributed by atoms with Gasteiger partial charge < -0.3 is 11.5 Å². The zero-order valence-electron chi connectivity index (χ0n) is 9.45. The molecule has 0 amide bonds. The van der Waals surface area contributed by atoms with Gasteiger partial charge in [0.25, 0.3) is 0 Å². The van der Waals surface area contributed by atoms with Gasteiger partial charge in [0.15, 0.2) is 0 Å². The highest BCUT2D eigenvalue weighted by Gasteiger charge is 2.09. The van der Waals surface area contributed by atoms with Crippen molar-refractivity contribution in [2.45, 2.75) is 38.3 Å². The second-order valence-corrected chi connectivity index (χ2v) is 4.13. The molecule has 2 nitrogen and oxygen atoms in total. The third kappa shape index (κ3) is 3.65. The van der Waals surface area contributed by atoms with E-state index in [-0.39, 0.29) is 6.04 Å². The quantitative estimate of drug-likeness (QED) is 0.774. The summed E-state index contributed by atoms with van der Waals surface area (Å²) < 4.78 is 0. The van der Waals surface area contributed by atoms with Crippen LogP contribution in [-0.2, 0) is 6.54 Å². The molecule has 0 aliphatic carbocycles. The van der Waals surface area contributed by atoms with Crippen LogP contribution < -0.4 is 11.5 Å². The summed E-state index contributed by atoms with van der Waals surface area (Å²) in [5.41, 5.74) is 13.9. The highest BCUT2D eigenvalue weighted by atomic mass is 14.6. The van der Waals surface area contributed by atoms with Crippen LogP contribution >= 0.6 is 0 Å². The molecule has 1 rings (SSSR count). The van der Waals surface area contributed by atoms with Crippen LogP contribution in [-0.4, -0.2) is 6.04 Å². The molecule has 0 aliphatic heterocycles. The Bertz CT molecular complexity index is 279. The van der Waals surface area contributed by atoms with Gasteiger partial charge in [-0.15, -0.1) is 0 Å². The lowest BCUT2D eigenvalue weighted by Crippen LogP contribution is -2.20. The molecular formula is C13H21N2. The van der Waals surface area contributed by atoms with Crippen molar-refractivity contribution in [2.24, 2.45) is 11.5 Å². The standard InChI is InChI=1S/C13H21N2/c1-3-13(15)8-10(2)12-6-4-11(9-14)5-7-12/h4-7,10,13H,1,3,8-9,14-15H2,2H3. The number of hydrogen-bond donors (Lipinski definition) is 2. The molecule has 83 valence electrons. The molecule has 0 saturated carbocycles. The summed E-state index contributed by atoms with van der Waals surface area (Å²) in [4.78, 5) is 0. The average molecular weight is 205 g/mol. The molecule has 0 aliphatic rings. The van der Waals surface area contributed by atoms with E-state index in [9.17, 15) is 0 Å². The van der Waals surface area contributed by atoms with Crippen LogP contribution in [0.5, 0.6) is 0 Å². The Morgan fingerprint density at radius 2 is 1.87 bits per heavy atom. The van der Waals surface area contributed by atoms with E-state index in [4.69, 9.17) is 11.5 Å². The van der Waals surface area contributed by atoms with Gasteiger partial charge in [0.1, 0.15) is 0 Å². The monoisotopic (exact) mass is 205 g/mol. The molecule has 2 heteroatoms. The van der Waals surface area contributed by atoms with Crippen molar-refractivity contribution in [1.82, 2.24) is 0 Å². The summed E-state index contributed by atoms with van der Waals surface area (Å²) in [6.45, 7) is 6.62. The molecule has 0 saturated heterocycles. The Balaban J connectivity index is 2.61. The topological polar surface area (TPSA) is 52.0 Å². The molecule has 0 bridgehead atoms. The fourth-order valence-corrected chi connectivity index (χ4v) is 1.69. The van der Waals surface area contributed by atoms with Gasteiger partial charge in [-0.3, -0.25) is 0 Å². The molecule has 0 fully saturated rings. The van der Waals surface area contributed by atoms with Gasteiger partial charge in [0.05, 0.1) is 0 Å². The van der Waals surface area contributed by atoms with Crippen molar-refractivity contribution in [3.8, 4) is 0 Å². The minimum atomic E-state index is 0.203. The maximum absolute atomic E-state index is 5.88. The molecular weight excluding hydrogens is 184 g/mol. The highest BCUT2D eigenvalue weighted by Crippen LogP contribution is 2.21. The van der Waals surface area contributed by atoms with E-state index in [1.165, 1.54) is 11.1 Å². The van der Waals surface area contributed by atoms with Gasteiger partial charge >= 0.3 is 0 Å². The lowest BCUT2D eigenvalue weighted by atomic mass is 9.93. The van der Waals surface area contributed by atoms with E-state index in [2.05, 4.69) is 38.1 Å². The summed E-state index contributed by atoms with van der Waals surface area (Å²) >= 11 is 0. The minimum absolute atomic E-state index is 0.203. The molecule has 0 heterocycles. The zero-order valence-corrected chi connectivity index (χ0v) is 9.45. The third-order valence-corrected chi connectivity index (χ3v) is 2.81. The summed E-state index contributed by atoms with van der Waals surface area (Å²) in [5, 5.41) is 0. The Morgan fingerprint density at radius 1 is 1.27 bits per heavy atom. The van der Waals surface area contributed by atoms with E-state index < -0.39 is 0 Å². The first kappa shape index (κ1) is 12.2. The molecule has 0 aromatic heterocycles. The molecule has 1 radical (unpaired) electrons. The van der Waals surface area contributed by atoms with Crippen LogP contribution in [0.4, 0.5) is 0 Å². The van der Waals surface area contributed by atoms with Crippen molar-refractivity contribution in [3.05, 3.63) is 42.3 Å². The van der Waals surface area contributed by atoms with Gasteiger partial charge in [0.2, 0.25) is 0 Å². The number of rotatable bonds is 5. The average Bonchev–Trinajstić information content (AvgIpc) is 2.29. The van der Waals surface area contributed by atoms with Crippen LogP contribution in [0, 0.1) is 6.92 Å². The van der Waals surface area contributed by atoms with Crippen LogP contribution in [0.25, 0.3) is 0 Å². The fourth-order valence-electron chi connectivity index (χ4n) is 1.69. The minimum Gasteiger partial charge on any atom is -0.328 e. The van der Waals surface area contributed by atoms with Crippen molar-refractivity contribution < 1.29 is 0 Å². The van der Waals surface area contributed by atoms with Crippen molar-refractivity contribution in [1.29, 1.82) is 0 Å². The van der Waals surface area contributed by atoms with Gasteiger partial charge in [-0.25, -0.2) is 0 Å².